The van der Waals surface area contributed by atoms with Gasteiger partial charge in [0.2, 0.25) is 0 Å². The van der Waals surface area contributed by atoms with Crippen molar-refractivity contribution >= 4 is 29.6 Å². The molecule has 0 heterocycles. The van der Waals surface area contributed by atoms with Gasteiger partial charge in [-0.15, -0.1) is 0 Å². The molecule has 5 nitrogen and oxygen atoms in total. The van der Waals surface area contributed by atoms with E-state index in [1.165, 1.54) is 18.2 Å². The van der Waals surface area contributed by atoms with Crippen molar-refractivity contribution in [2.75, 3.05) is 6.54 Å². The minimum Gasteiger partial charge on any atom is -0.343 e. The summed E-state index contributed by atoms with van der Waals surface area (Å²) in [5.41, 5.74) is 3.67. The van der Waals surface area contributed by atoms with Crippen LogP contribution in [0.15, 0.2) is 47.6 Å². The van der Waals surface area contributed by atoms with Gasteiger partial charge in [-0.05, 0) is 31.2 Å². The highest BCUT2D eigenvalue weighted by atomic mass is 35.5. The first-order chi connectivity index (χ1) is 11.5. The molecule has 2 rings (SSSR count). The Labute approximate surface area is 143 Å². The van der Waals surface area contributed by atoms with Crippen LogP contribution in [0, 0.1) is 12.7 Å². The van der Waals surface area contributed by atoms with E-state index in [-0.39, 0.29) is 23.0 Å². The lowest BCUT2D eigenvalue weighted by Gasteiger charge is -2.05. The number of benzene rings is 2. The minimum atomic E-state index is -0.548. The van der Waals surface area contributed by atoms with E-state index in [9.17, 15) is 14.0 Å². The van der Waals surface area contributed by atoms with Crippen molar-refractivity contribution in [1.29, 1.82) is 0 Å². The molecule has 24 heavy (non-hydrogen) atoms. The Balaban J connectivity index is 1.85. The maximum Gasteiger partial charge on any atom is 0.259 e. The van der Waals surface area contributed by atoms with Crippen molar-refractivity contribution in [1.82, 2.24) is 10.7 Å². The Hall–Kier alpha value is -2.73. The summed E-state index contributed by atoms with van der Waals surface area (Å²) in [4.78, 5) is 23.5. The lowest BCUT2D eigenvalue weighted by molar-refractivity contribution is -0.120. The van der Waals surface area contributed by atoms with E-state index >= 15 is 0 Å². The first-order valence-electron chi connectivity index (χ1n) is 7.08. The summed E-state index contributed by atoms with van der Waals surface area (Å²) in [5, 5.41) is 6.28. The first-order valence-corrected chi connectivity index (χ1v) is 7.46. The zero-order chi connectivity index (χ0) is 17.5. The van der Waals surface area contributed by atoms with Gasteiger partial charge in [-0.25, -0.2) is 9.82 Å². The molecule has 0 fully saturated rings. The second-order valence-corrected chi connectivity index (χ2v) is 5.39. The van der Waals surface area contributed by atoms with E-state index in [1.54, 1.807) is 18.2 Å². The monoisotopic (exact) mass is 347 g/mol. The predicted octanol–water partition coefficient (Wildman–Crippen LogP) is 2.67. The van der Waals surface area contributed by atoms with Crippen LogP contribution in [-0.4, -0.2) is 24.6 Å². The minimum absolute atomic E-state index is 0.0725. The molecule has 0 aliphatic rings. The summed E-state index contributed by atoms with van der Waals surface area (Å²) in [6, 6.07) is 11.2. The standard InChI is InChI=1S/C17H15ClFN3O2/c1-11-4-2-5-12(8-11)17(24)20-10-16(23)22-21-9-13-14(18)6-3-7-15(13)19/h2-9H,10H2,1H3,(H,20,24)(H,22,23)/b21-9-. The molecule has 2 aromatic rings. The normalized spacial score (nSPS) is 10.6. The SMILES string of the molecule is Cc1cccc(C(=O)NCC(=O)N/N=C\c2c(F)cccc2Cl)c1. The van der Waals surface area contributed by atoms with Gasteiger partial charge in [0.05, 0.1) is 17.8 Å². The highest BCUT2D eigenvalue weighted by Gasteiger charge is 2.08. The molecule has 0 aliphatic carbocycles. The Bertz CT molecular complexity index is 773. The van der Waals surface area contributed by atoms with E-state index in [1.807, 2.05) is 13.0 Å². The third-order valence-corrected chi connectivity index (χ3v) is 3.40. The van der Waals surface area contributed by atoms with Gasteiger partial charge in [0.25, 0.3) is 11.8 Å². The number of nitrogens with zero attached hydrogens (tertiary/aromatic N) is 1. The fourth-order valence-electron chi connectivity index (χ4n) is 1.89. The molecule has 0 aliphatic heterocycles. The summed E-state index contributed by atoms with van der Waals surface area (Å²) < 4.78 is 13.5. The molecule has 2 amide bonds. The Morgan fingerprint density at radius 3 is 2.71 bits per heavy atom. The molecule has 0 unspecified atom stereocenters. The molecular weight excluding hydrogens is 333 g/mol. The number of nitrogens with one attached hydrogen (secondary N) is 2. The second kappa shape index (κ2) is 8.21. The van der Waals surface area contributed by atoms with Crippen LogP contribution in [0.2, 0.25) is 5.02 Å². The van der Waals surface area contributed by atoms with Crippen LogP contribution >= 0.6 is 11.6 Å². The highest BCUT2D eigenvalue weighted by molar-refractivity contribution is 6.33. The van der Waals surface area contributed by atoms with Crippen LogP contribution in [0.5, 0.6) is 0 Å². The van der Waals surface area contributed by atoms with E-state index in [2.05, 4.69) is 15.8 Å². The van der Waals surface area contributed by atoms with Crippen molar-refractivity contribution in [2.45, 2.75) is 6.92 Å². The second-order valence-electron chi connectivity index (χ2n) is 4.98. The third-order valence-electron chi connectivity index (χ3n) is 3.07. The van der Waals surface area contributed by atoms with E-state index in [4.69, 9.17) is 11.6 Å². The first kappa shape index (κ1) is 17.6. The average Bonchev–Trinajstić information content (AvgIpc) is 2.55. The molecule has 0 aromatic heterocycles. The molecule has 0 saturated heterocycles. The molecule has 0 radical (unpaired) electrons. The van der Waals surface area contributed by atoms with Gasteiger partial charge < -0.3 is 5.32 Å². The van der Waals surface area contributed by atoms with Crippen molar-refractivity contribution < 1.29 is 14.0 Å². The molecule has 2 aromatic carbocycles. The van der Waals surface area contributed by atoms with Crippen LogP contribution < -0.4 is 10.7 Å². The smallest absolute Gasteiger partial charge is 0.259 e. The van der Waals surface area contributed by atoms with E-state index in [0.717, 1.165) is 11.8 Å². The van der Waals surface area contributed by atoms with Crippen LogP contribution in [-0.2, 0) is 4.79 Å². The summed E-state index contributed by atoms with van der Waals surface area (Å²) in [6.07, 6.45) is 1.11. The number of aryl methyl sites for hydroxylation is 1. The summed E-state index contributed by atoms with van der Waals surface area (Å²) >= 11 is 5.83. The number of carbonyl (C=O) groups is 2. The maximum atomic E-state index is 13.5. The van der Waals surface area contributed by atoms with Crippen molar-refractivity contribution in [3.05, 3.63) is 70.0 Å². The maximum absolute atomic E-state index is 13.5. The van der Waals surface area contributed by atoms with Crippen LogP contribution in [0.4, 0.5) is 4.39 Å². The zero-order valence-corrected chi connectivity index (χ0v) is 13.6. The van der Waals surface area contributed by atoms with E-state index < -0.39 is 11.7 Å². The topological polar surface area (TPSA) is 70.6 Å². The fraction of sp³-hybridized carbons (Fsp3) is 0.118. The quantitative estimate of drug-likeness (QED) is 0.645. The molecule has 0 spiro atoms. The molecular formula is C17H15ClFN3O2. The molecule has 0 bridgehead atoms. The van der Waals surface area contributed by atoms with Gasteiger partial charge in [-0.3, -0.25) is 9.59 Å². The van der Waals surface area contributed by atoms with Crippen LogP contribution in [0.1, 0.15) is 21.5 Å². The zero-order valence-electron chi connectivity index (χ0n) is 12.8. The van der Waals surface area contributed by atoms with Crippen LogP contribution in [0.25, 0.3) is 0 Å². The number of amides is 2. The molecule has 124 valence electrons. The Morgan fingerprint density at radius 1 is 1.25 bits per heavy atom. The molecule has 0 saturated carbocycles. The lowest BCUT2D eigenvalue weighted by atomic mass is 10.1. The number of hydrazone groups is 1. The predicted molar refractivity (Wildman–Crippen MR) is 90.7 cm³/mol. The summed E-state index contributed by atoms with van der Waals surface area (Å²) in [7, 11) is 0. The average molecular weight is 348 g/mol. The highest BCUT2D eigenvalue weighted by Crippen LogP contribution is 2.16. The van der Waals surface area contributed by atoms with Gasteiger partial charge in [0.1, 0.15) is 5.82 Å². The number of carbonyl (C=O) groups excluding carboxylic acids is 2. The third kappa shape index (κ3) is 4.89. The number of halogens is 2. The van der Waals surface area contributed by atoms with Gasteiger partial charge >= 0.3 is 0 Å². The van der Waals surface area contributed by atoms with Crippen molar-refractivity contribution in [3.63, 3.8) is 0 Å². The number of hydrogen-bond acceptors (Lipinski definition) is 3. The fourth-order valence-corrected chi connectivity index (χ4v) is 2.10. The summed E-state index contributed by atoms with van der Waals surface area (Å²) in [5.74, 6) is -1.46. The molecule has 2 N–H and O–H groups in total. The largest absolute Gasteiger partial charge is 0.343 e. The Kier molecular flexibility index (Phi) is 6.03. The number of hydrogen-bond donors (Lipinski definition) is 2. The number of rotatable bonds is 5. The van der Waals surface area contributed by atoms with E-state index in [0.29, 0.717) is 5.56 Å². The van der Waals surface area contributed by atoms with Crippen molar-refractivity contribution in [3.8, 4) is 0 Å². The van der Waals surface area contributed by atoms with Crippen LogP contribution in [0.3, 0.4) is 0 Å². The lowest BCUT2D eigenvalue weighted by Crippen LogP contribution is -2.34. The van der Waals surface area contributed by atoms with Gasteiger partial charge in [0, 0.05) is 11.1 Å². The van der Waals surface area contributed by atoms with Gasteiger partial charge in [0.15, 0.2) is 0 Å². The molecule has 7 heteroatoms. The summed E-state index contributed by atoms with van der Waals surface area (Å²) in [6.45, 7) is 1.61. The van der Waals surface area contributed by atoms with Gasteiger partial charge in [-0.1, -0.05) is 35.4 Å². The van der Waals surface area contributed by atoms with Crippen molar-refractivity contribution in [2.24, 2.45) is 5.10 Å². The Morgan fingerprint density at radius 2 is 2.00 bits per heavy atom. The van der Waals surface area contributed by atoms with Gasteiger partial charge in [-0.2, -0.15) is 5.10 Å². The molecule has 0 atom stereocenters.